The van der Waals surface area contributed by atoms with Crippen LogP contribution in [0.5, 0.6) is 5.75 Å². The average Bonchev–Trinajstić information content (AvgIpc) is 3.19. The predicted molar refractivity (Wildman–Crippen MR) is 137 cm³/mol. The van der Waals surface area contributed by atoms with Gasteiger partial charge in [0, 0.05) is 23.1 Å². The number of ether oxygens (including phenoxy) is 1. The second-order valence-electron chi connectivity index (χ2n) is 7.83. The maximum absolute atomic E-state index is 13.5. The molecule has 1 aliphatic heterocycles. The molecule has 0 spiro atoms. The van der Waals surface area contributed by atoms with Crippen molar-refractivity contribution >= 4 is 51.8 Å². The van der Waals surface area contributed by atoms with Crippen molar-refractivity contribution in [2.24, 2.45) is 0 Å². The minimum atomic E-state index is -0.530. The minimum absolute atomic E-state index is 0.00313. The minimum Gasteiger partial charge on any atom is -0.495 e. The van der Waals surface area contributed by atoms with E-state index in [0.29, 0.717) is 18.0 Å². The SMILES string of the molecule is COc1ccccc1N1C(=O)/C(=C\c2cc3ccccc3n2Cc2ccccc2)C(=O)NC1=S. The molecule has 0 radical (unpaired) electrons. The average molecular weight is 468 g/mol. The van der Waals surface area contributed by atoms with Gasteiger partial charge >= 0.3 is 0 Å². The zero-order chi connectivity index (χ0) is 23.7. The zero-order valence-electron chi connectivity index (χ0n) is 18.4. The topological polar surface area (TPSA) is 63.6 Å². The highest BCUT2D eigenvalue weighted by molar-refractivity contribution is 7.80. The summed E-state index contributed by atoms with van der Waals surface area (Å²) in [6.07, 6.45) is 1.63. The first-order chi connectivity index (χ1) is 16.6. The molecule has 0 aliphatic carbocycles. The van der Waals surface area contributed by atoms with Crippen LogP contribution in [-0.4, -0.2) is 28.6 Å². The number of carbonyl (C=O) groups is 2. The van der Waals surface area contributed by atoms with Crippen molar-refractivity contribution in [3.05, 3.63) is 102 Å². The highest BCUT2D eigenvalue weighted by Crippen LogP contribution is 2.31. The molecule has 168 valence electrons. The van der Waals surface area contributed by atoms with Gasteiger partial charge < -0.3 is 9.30 Å². The van der Waals surface area contributed by atoms with E-state index in [9.17, 15) is 9.59 Å². The molecular weight excluding hydrogens is 446 g/mol. The smallest absolute Gasteiger partial charge is 0.270 e. The van der Waals surface area contributed by atoms with Gasteiger partial charge in [0.25, 0.3) is 11.8 Å². The largest absolute Gasteiger partial charge is 0.495 e. The number of benzene rings is 3. The Morgan fingerprint density at radius 2 is 1.65 bits per heavy atom. The van der Waals surface area contributed by atoms with Crippen molar-refractivity contribution in [2.45, 2.75) is 6.54 Å². The monoisotopic (exact) mass is 467 g/mol. The molecule has 0 atom stereocenters. The number of fused-ring (bicyclic) bond motifs is 1. The van der Waals surface area contributed by atoms with E-state index in [4.69, 9.17) is 17.0 Å². The van der Waals surface area contributed by atoms with Crippen molar-refractivity contribution < 1.29 is 14.3 Å². The maximum atomic E-state index is 13.5. The van der Waals surface area contributed by atoms with E-state index >= 15 is 0 Å². The standard InChI is InChI=1S/C27H21N3O3S/c1-33-24-14-8-7-13-23(24)30-26(32)21(25(31)28-27(30)34)16-20-15-19-11-5-6-12-22(19)29(20)17-18-9-3-2-4-10-18/h2-16H,17H2,1H3,(H,28,31,34)/b21-16-. The Kier molecular flexibility index (Phi) is 5.69. The maximum Gasteiger partial charge on any atom is 0.270 e. The van der Waals surface area contributed by atoms with Crippen molar-refractivity contribution in [3.63, 3.8) is 0 Å². The lowest BCUT2D eigenvalue weighted by Crippen LogP contribution is -2.54. The summed E-state index contributed by atoms with van der Waals surface area (Å²) in [5.74, 6) is -0.556. The number of aromatic nitrogens is 1. The Hall–Kier alpha value is -4.23. The molecule has 5 rings (SSSR count). The van der Waals surface area contributed by atoms with E-state index < -0.39 is 11.8 Å². The quantitative estimate of drug-likeness (QED) is 0.266. The summed E-state index contributed by atoms with van der Waals surface area (Å²) in [5, 5.41) is 3.68. The zero-order valence-corrected chi connectivity index (χ0v) is 19.2. The second kappa shape index (κ2) is 8.96. The molecule has 2 heterocycles. The number of nitrogens with zero attached hydrogens (tertiary/aromatic N) is 2. The fourth-order valence-electron chi connectivity index (χ4n) is 4.13. The lowest BCUT2D eigenvalue weighted by Gasteiger charge is -2.29. The number of amides is 2. The third kappa shape index (κ3) is 3.86. The van der Waals surface area contributed by atoms with E-state index in [2.05, 4.69) is 9.88 Å². The molecule has 4 aromatic rings. The molecule has 1 N–H and O–H groups in total. The van der Waals surface area contributed by atoms with E-state index in [1.807, 2.05) is 60.7 Å². The highest BCUT2D eigenvalue weighted by Gasteiger charge is 2.36. The van der Waals surface area contributed by atoms with Crippen LogP contribution in [0.4, 0.5) is 5.69 Å². The third-order valence-electron chi connectivity index (χ3n) is 5.75. The van der Waals surface area contributed by atoms with Crippen LogP contribution in [-0.2, 0) is 16.1 Å². The Morgan fingerprint density at radius 3 is 2.44 bits per heavy atom. The molecule has 6 nitrogen and oxygen atoms in total. The van der Waals surface area contributed by atoms with Crippen LogP contribution in [0.1, 0.15) is 11.3 Å². The summed E-state index contributed by atoms with van der Waals surface area (Å²) in [7, 11) is 1.52. The number of thiocarbonyl (C=S) groups is 1. The molecule has 1 saturated heterocycles. The van der Waals surface area contributed by atoms with Gasteiger partial charge in [-0.05, 0) is 48.1 Å². The summed E-state index contributed by atoms with van der Waals surface area (Å²) < 4.78 is 7.51. The lowest BCUT2D eigenvalue weighted by atomic mass is 10.1. The molecule has 34 heavy (non-hydrogen) atoms. The third-order valence-corrected chi connectivity index (χ3v) is 6.03. The molecule has 1 aliphatic rings. The van der Waals surface area contributed by atoms with Gasteiger partial charge in [-0.3, -0.25) is 14.9 Å². The van der Waals surface area contributed by atoms with Gasteiger partial charge in [-0.1, -0.05) is 60.7 Å². The van der Waals surface area contributed by atoms with Gasteiger partial charge in [-0.25, -0.2) is 4.90 Å². The summed E-state index contributed by atoms with van der Waals surface area (Å²) in [6.45, 7) is 0.595. The summed E-state index contributed by atoms with van der Waals surface area (Å²) in [4.78, 5) is 27.7. The number of methoxy groups -OCH3 is 1. The van der Waals surface area contributed by atoms with Gasteiger partial charge in [0.1, 0.15) is 11.3 Å². The molecule has 3 aromatic carbocycles. The molecule has 7 heteroatoms. The highest BCUT2D eigenvalue weighted by atomic mass is 32.1. The van der Waals surface area contributed by atoms with E-state index in [1.165, 1.54) is 12.0 Å². The Morgan fingerprint density at radius 1 is 0.941 bits per heavy atom. The van der Waals surface area contributed by atoms with Crippen LogP contribution in [0.2, 0.25) is 0 Å². The van der Waals surface area contributed by atoms with Crippen LogP contribution < -0.4 is 15.0 Å². The van der Waals surface area contributed by atoms with E-state index in [1.54, 1.807) is 30.3 Å². The van der Waals surface area contributed by atoms with E-state index in [0.717, 1.165) is 22.2 Å². The van der Waals surface area contributed by atoms with E-state index in [-0.39, 0.29) is 10.7 Å². The number of carbonyl (C=O) groups excluding carboxylic acids is 2. The normalized spacial score (nSPS) is 15.1. The fourth-order valence-corrected chi connectivity index (χ4v) is 4.41. The molecule has 1 fully saturated rings. The summed E-state index contributed by atoms with van der Waals surface area (Å²) in [5.41, 5.74) is 3.34. The molecule has 0 saturated carbocycles. The van der Waals surface area contributed by atoms with Gasteiger partial charge in [-0.15, -0.1) is 0 Å². The predicted octanol–water partition coefficient (Wildman–Crippen LogP) is 4.53. The van der Waals surface area contributed by atoms with Gasteiger partial charge in [-0.2, -0.15) is 0 Å². The van der Waals surface area contributed by atoms with Crippen molar-refractivity contribution in [1.29, 1.82) is 0 Å². The number of hydrogen-bond acceptors (Lipinski definition) is 4. The first-order valence-corrected chi connectivity index (χ1v) is 11.1. The van der Waals surface area contributed by atoms with Crippen molar-refractivity contribution in [3.8, 4) is 5.75 Å². The Labute approximate surface area is 202 Å². The number of rotatable bonds is 5. The second-order valence-corrected chi connectivity index (χ2v) is 8.22. The number of para-hydroxylation sites is 3. The van der Waals surface area contributed by atoms with Gasteiger partial charge in [0.15, 0.2) is 5.11 Å². The number of hydrogen-bond donors (Lipinski definition) is 1. The Bertz CT molecular complexity index is 1460. The van der Waals surface area contributed by atoms with Crippen molar-refractivity contribution in [2.75, 3.05) is 12.0 Å². The first-order valence-electron chi connectivity index (χ1n) is 10.7. The number of nitrogens with one attached hydrogen (secondary N) is 1. The van der Waals surface area contributed by atoms with Crippen LogP contribution in [0.3, 0.4) is 0 Å². The van der Waals surface area contributed by atoms with Crippen LogP contribution >= 0.6 is 12.2 Å². The Balaban J connectivity index is 1.62. The number of anilines is 1. The summed E-state index contributed by atoms with van der Waals surface area (Å²) in [6, 6.07) is 27.1. The first kappa shape index (κ1) is 21.6. The molecule has 0 unspecified atom stereocenters. The van der Waals surface area contributed by atoms with Crippen molar-refractivity contribution in [1.82, 2.24) is 9.88 Å². The van der Waals surface area contributed by atoms with Crippen LogP contribution in [0.25, 0.3) is 17.0 Å². The molecule has 2 amide bonds. The fraction of sp³-hybridized carbons (Fsp3) is 0.0741. The lowest BCUT2D eigenvalue weighted by molar-refractivity contribution is -0.122. The molecule has 0 bridgehead atoms. The van der Waals surface area contributed by atoms with Gasteiger partial charge in [0.05, 0.1) is 12.8 Å². The molecular formula is C27H21N3O3S. The van der Waals surface area contributed by atoms with Crippen LogP contribution in [0, 0.1) is 0 Å². The van der Waals surface area contributed by atoms with Gasteiger partial charge in [0.2, 0.25) is 0 Å². The molecule has 1 aromatic heterocycles. The summed E-state index contributed by atoms with van der Waals surface area (Å²) >= 11 is 5.34. The van der Waals surface area contributed by atoms with Crippen LogP contribution in [0.15, 0.2) is 90.5 Å².